The third-order valence-electron chi connectivity index (χ3n) is 4.47. The van der Waals surface area contributed by atoms with Gasteiger partial charge >= 0.3 is 5.97 Å². The molecule has 0 radical (unpaired) electrons. The lowest BCUT2D eigenvalue weighted by Crippen LogP contribution is -2.48. The zero-order valence-electron chi connectivity index (χ0n) is 13.7. The Labute approximate surface area is 155 Å². The van der Waals surface area contributed by atoms with Gasteiger partial charge in [-0.05, 0) is 54.5 Å². The molecule has 24 heavy (non-hydrogen) atoms. The van der Waals surface area contributed by atoms with Gasteiger partial charge in [-0.15, -0.1) is 0 Å². The number of allylic oxidation sites excluding steroid dienone is 2. The van der Waals surface area contributed by atoms with Gasteiger partial charge in [0.2, 0.25) is 0 Å². The molecule has 2 unspecified atom stereocenters. The predicted molar refractivity (Wildman–Crippen MR) is 99.4 cm³/mol. The number of carbonyl (C=O) groups is 1. The second kappa shape index (κ2) is 6.96. The second-order valence-corrected chi connectivity index (χ2v) is 7.75. The monoisotopic (exact) mass is 442 g/mol. The number of rotatable bonds is 5. The molecule has 1 saturated carbocycles. The van der Waals surface area contributed by atoms with Crippen molar-refractivity contribution in [1.82, 2.24) is 0 Å². The van der Waals surface area contributed by atoms with E-state index in [2.05, 4.69) is 28.7 Å². The first kappa shape index (κ1) is 17.6. The summed E-state index contributed by atoms with van der Waals surface area (Å²) < 4.78 is 23.4. The van der Waals surface area contributed by atoms with E-state index in [1.54, 1.807) is 12.1 Å². The van der Waals surface area contributed by atoms with Crippen molar-refractivity contribution >= 4 is 34.1 Å². The van der Waals surface area contributed by atoms with Crippen molar-refractivity contribution < 1.29 is 18.7 Å². The SMILES string of the molecule is CCOC1C=CC(C2CC2)=C(c2ccc(F)cc2)C1(I)C(=O)OC. The van der Waals surface area contributed by atoms with Gasteiger partial charge in [0.25, 0.3) is 0 Å². The minimum atomic E-state index is -0.979. The van der Waals surface area contributed by atoms with Crippen LogP contribution >= 0.6 is 22.6 Å². The maximum Gasteiger partial charge on any atom is 0.329 e. The number of hydrogen-bond donors (Lipinski definition) is 0. The second-order valence-electron chi connectivity index (χ2n) is 6.05. The summed E-state index contributed by atoms with van der Waals surface area (Å²) >= 11 is 2.15. The molecule has 1 aromatic rings. The Hall–Kier alpha value is -1.21. The standard InChI is InChI=1S/C19H20FIO3/c1-3-24-16-11-10-15(12-4-5-12)17(19(16,21)18(22)23-2)13-6-8-14(20)9-7-13/h6-12,16H,3-5H2,1-2H3. The van der Waals surface area contributed by atoms with Crippen LogP contribution in [0.4, 0.5) is 4.39 Å². The Morgan fingerprint density at radius 1 is 1.33 bits per heavy atom. The van der Waals surface area contributed by atoms with Crippen molar-refractivity contribution in [1.29, 1.82) is 0 Å². The van der Waals surface area contributed by atoms with Gasteiger partial charge in [0.15, 0.2) is 3.42 Å². The van der Waals surface area contributed by atoms with Crippen LogP contribution in [0.5, 0.6) is 0 Å². The first-order valence-electron chi connectivity index (χ1n) is 8.10. The lowest BCUT2D eigenvalue weighted by atomic mass is 9.79. The normalized spacial score (nSPS) is 26.6. The highest BCUT2D eigenvalue weighted by molar-refractivity contribution is 14.1. The summed E-state index contributed by atoms with van der Waals surface area (Å²) in [5, 5.41) is 0. The smallest absolute Gasteiger partial charge is 0.329 e. The average Bonchev–Trinajstić information content (AvgIpc) is 3.42. The van der Waals surface area contributed by atoms with E-state index in [-0.39, 0.29) is 11.8 Å². The molecule has 1 aromatic carbocycles. The van der Waals surface area contributed by atoms with Crippen LogP contribution in [0, 0.1) is 11.7 Å². The van der Waals surface area contributed by atoms with Crippen LogP contribution in [0.3, 0.4) is 0 Å². The summed E-state index contributed by atoms with van der Waals surface area (Å²) in [5.41, 5.74) is 2.86. The van der Waals surface area contributed by atoms with E-state index >= 15 is 0 Å². The van der Waals surface area contributed by atoms with Crippen LogP contribution in [-0.2, 0) is 14.3 Å². The van der Waals surface area contributed by atoms with Crippen LogP contribution in [-0.4, -0.2) is 29.2 Å². The first-order chi connectivity index (χ1) is 11.5. The Bertz CT molecular complexity index is 691. The fraction of sp³-hybridized carbons (Fsp3) is 0.421. The first-order valence-corrected chi connectivity index (χ1v) is 9.18. The lowest BCUT2D eigenvalue weighted by molar-refractivity contribution is -0.143. The van der Waals surface area contributed by atoms with E-state index in [9.17, 15) is 9.18 Å². The number of halogens is 2. The lowest BCUT2D eigenvalue weighted by Gasteiger charge is -2.38. The molecule has 0 heterocycles. The maximum atomic E-state index is 13.4. The van der Waals surface area contributed by atoms with E-state index in [4.69, 9.17) is 9.47 Å². The molecule has 3 rings (SSSR count). The highest BCUT2D eigenvalue weighted by Gasteiger charge is 2.52. The third-order valence-corrected chi connectivity index (χ3v) is 6.07. The molecule has 0 spiro atoms. The molecule has 2 atom stereocenters. The summed E-state index contributed by atoms with van der Waals surface area (Å²) in [6.45, 7) is 2.39. The number of esters is 1. The van der Waals surface area contributed by atoms with E-state index < -0.39 is 9.53 Å². The van der Waals surface area contributed by atoms with Crippen molar-refractivity contribution in [2.75, 3.05) is 13.7 Å². The maximum absolute atomic E-state index is 13.4. The summed E-state index contributed by atoms with van der Waals surface area (Å²) in [6.07, 6.45) is 5.82. The minimum absolute atomic E-state index is 0.294. The molecule has 2 aliphatic carbocycles. The van der Waals surface area contributed by atoms with Gasteiger partial charge in [-0.25, -0.2) is 4.39 Å². The quantitative estimate of drug-likeness (QED) is 0.388. The highest BCUT2D eigenvalue weighted by Crippen LogP contribution is 2.51. The number of methoxy groups -OCH3 is 1. The molecule has 3 nitrogen and oxygen atoms in total. The molecule has 0 amide bonds. The Morgan fingerprint density at radius 2 is 2.00 bits per heavy atom. The number of carbonyl (C=O) groups excluding carboxylic acids is 1. The molecular formula is C19H20FIO3. The average molecular weight is 442 g/mol. The summed E-state index contributed by atoms with van der Waals surface area (Å²) in [6, 6.07) is 6.31. The molecule has 0 aliphatic heterocycles. The third kappa shape index (κ3) is 3.04. The van der Waals surface area contributed by atoms with Gasteiger partial charge in [0.05, 0.1) is 7.11 Å². The molecule has 0 saturated heterocycles. The zero-order valence-corrected chi connectivity index (χ0v) is 15.9. The van der Waals surface area contributed by atoms with E-state index in [1.807, 2.05) is 13.0 Å². The van der Waals surface area contributed by atoms with Gasteiger partial charge in [-0.3, -0.25) is 4.79 Å². The Kier molecular flexibility index (Phi) is 5.11. The van der Waals surface area contributed by atoms with Crippen LogP contribution in [0.2, 0.25) is 0 Å². The zero-order chi connectivity index (χ0) is 17.3. The van der Waals surface area contributed by atoms with Crippen LogP contribution in [0.25, 0.3) is 5.57 Å². The van der Waals surface area contributed by atoms with Crippen LogP contribution in [0.15, 0.2) is 42.0 Å². The number of alkyl halides is 1. The van der Waals surface area contributed by atoms with E-state index in [1.165, 1.54) is 19.2 Å². The number of hydrogen-bond acceptors (Lipinski definition) is 3. The fourth-order valence-corrected chi connectivity index (χ4v) is 4.43. The van der Waals surface area contributed by atoms with Crippen molar-refractivity contribution in [2.24, 2.45) is 5.92 Å². The largest absolute Gasteiger partial charge is 0.468 e. The molecule has 0 bridgehead atoms. The topological polar surface area (TPSA) is 35.5 Å². The molecule has 0 aromatic heterocycles. The summed E-state index contributed by atoms with van der Waals surface area (Å²) in [4.78, 5) is 12.8. The van der Waals surface area contributed by atoms with Crippen molar-refractivity contribution in [3.8, 4) is 0 Å². The molecule has 0 N–H and O–H groups in total. The fourth-order valence-electron chi connectivity index (χ4n) is 3.20. The van der Waals surface area contributed by atoms with Crippen molar-refractivity contribution in [3.05, 3.63) is 53.4 Å². The van der Waals surface area contributed by atoms with E-state index in [0.717, 1.165) is 29.6 Å². The van der Waals surface area contributed by atoms with Crippen LogP contribution in [0.1, 0.15) is 25.3 Å². The van der Waals surface area contributed by atoms with Gasteiger partial charge in [-0.1, -0.05) is 46.9 Å². The molecule has 128 valence electrons. The number of benzene rings is 1. The Balaban J connectivity index is 2.19. The minimum Gasteiger partial charge on any atom is -0.468 e. The van der Waals surface area contributed by atoms with Crippen molar-refractivity contribution in [3.63, 3.8) is 0 Å². The van der Waals surface area contributed by atoms with Gasteiger partial charge in [0.1, 0.15) is 11.9 Å². The van der Waals surface area contributed by atoms with E-state index in [0.29, 0.717) is 12.5 Å². The van der Waals surface area contributed by atoms with Gasteiger partial charge in [-0.2, -0.15) is 0 Å². The number of ether oxygens (including phenoxy) is 2. The summed E-state index contributed by atoms with van der Waals surface area (Å²) in [7, 11) is 1.39. The summed E-state index contributed by atoms with van der Waals surface area (Å²) in [5.74, 6) is -0.191. The van der Waals surface area contributed by atoms with Gasteiger partial charge < -0.3 is 9.47 Å². The molecule has 1 fully saturated rings. The predicted octanol–water partition coefficient (Wildman–Crippen LogP) is 4.31. The molecule has 5 heteroatoms. The Morgan fingerprint density at radius 3 is 2.54 bits per heavy atom. The van der Waals surface area contributed by atoms with Gasteiger partial charge in [0, 0.05) is 6.61 Å². The van der Waals surface area contributed by atoms with Crippen LogP contribution < -0.4 is 0 Å². The molecular weight excluding hydrogens is 422 g/mol. The van der Waals surface area contributed by atoms with Crippen molar-refractivity contribution in [2.45, 2.75) is 29.3 Å². The molecule has 2 aliphatic rings. The highest BCUT2D eigenvalue weighted by atomic mass is 127.